The molecule has 0 saturated heterocycles. The molecule has 0 spiro atoms. The Hall–Kier alpha value is -3.02. The lowest BCUT2D eigenvalue weighted by Gasteiger charge is -2.12. The Morgan fingerprint density at radius 3 is 2.52 bits per heavy atom. The number of carboxylic acid groups (broad SMARTS) is 1. The van der Waals surface area contributed by atoms with Gasteiger partial charge in [-0.25, -0.2) is 4.79 Å². The molecule has 1 aromatic carbocycles. The molecule has 0 aliphatic carbocycles. The first kappa shape index (κ1) is 16.4. The van der Waals surface area contributed by atoms with Crippen molar-refractivity contribution in [2.45, 2.75) is 13.8 Å². The van der Waals surface area contributed by atoms with E-state index in [0.717, 1.165) is 0 Å². The van der Waals surface area contributed by atoms with Gasteiger partial charge in [0.25, 0.3) is 0 Å². The van der Waals surface area contributed by atoms with Gasteiger partial charge >= 0.3 is 5.97 Å². The molecular weight excluding hydrogens is 298 g/mol. The number of aromatic nitrogens is 1. The number of H-pyrrole nitrogens is 1. The standard InChI is InChI=1S/C17H17NO5/c1-9-15(10(2)18-16(9)17(21)22)12(19)6-4-11-5-7-14(23-3)13(20)8-11/h4-8,18,20H,1-3H3,(H,21,22)/p-1/b6-4+. The van der Waals surface area contributed by atoms with E-state index in [9.17, 15) is 14.7 Å². The van der Waals surface area contributed by atoms with Crippen molar-refractivity contribution >= 4 is 17.8 Å². The van der Waals surface area contributed by atoms with Crippen LogP contribution in [0.2, 0.25) is 0 Å². The van der Waals surface area contributed by atoms with Crippen LogP contribution in [0.1, 0.15) is 37.7 Å². The minimum Gasteiger partial charge on any atom is -0.870 e. The summed E-state index contributed by atoms with van der Waals surface area (Å²) in [6, 6.07) is 4.55. The summed E-state index contributed by atoms with van der Waals surface area (Å²) < 4.78 is 4.89. The largest absolute Gasteiger partial charge is 0.870 e. The summed E-state index contributed by atoms with van der Waals surface area (Å²) in [4.78, 5) is 26.1. The number of benzene rings is 1. The smallest absolute Gasteiger partial charge is 0.352 e. The van der Waals surface area contributed by atoms with Crippen LogP contribution in [-0.2, 0) is 0 Å². The molecule has 1 aromatic heterocycles. The van der Waals surface area contributed by atoms with Gasteiger partial charge < -0.3 is 19.9 Å². The Labute approximate surface area is 133 Å². The third kappa shape index (κ3) is 3.26. The molecule has 0 fully saturated rings. The number of methoxy groups -OCH3 is 1. The SMILES string of the molecule is COc1ccc(/C=C/C(=O)c2c(C)[nH]c(C(=O)O)c2C)cc1[O-]. The van der Waals surface area contributed by atoms with Crippen molar-refractivity contribution < 1.29 is 24.5 Å². The molecule has 0 unspecified atom stereocenters. The Kier molecular flexibility index (Phi) is 4.55. The number of hydrogen-bond acceptors (Lipinski definition) is 4. The fourth-order valence-corrected chi connectivity index (χ4v) is 2.39. The summed E-state index contributed by atoms with van der Waals surface area (Å²) in [5.41, 5.74) is 1.78. The molecule has 6 heteroatoms. The van der Waals surface area contributed by atoms with Crippen molar-refractivity contribution in [3.8, 4) is 11.5 Å². The monoisotopic (exact) mass is 314 g/mol. The van der Waals surface area contributed by atoms with Crippen molar-refractivity contribution in [1.29, 1.82) is 0 Å². The van der Waals surface area contributed by atoms with Crippen LogP contribution in [0.15, 0.2) is 24.3 Å². The molecule has 0 aliphatic rings. The van der Waals surface area contributed by atoms with Gasteiger partial charge in [0.05, 0.1) is 7.11 Å². The van der Waals surface area contributed by atoms with Crippen LogP contribution in [0.3, 0.4) is 0 Å². The number of aryl methyl sites for hydroxylation is 1. The number of nitrogens with one attached hydrogen (secondary N) is 1. The first-order valence-electron chi connectivity index (χ1n) is 6.85. The topological polar surface area (TPSA) is 102 Å². The molecule has 1 heterocycles. The summed E-state index contributed by atoms with van der Waals surface area (Å²) in [5.74, 6) is -1.48. The summed E-state index contributed by atoms with van der Waals surface area (Å²) >= 11 is 0. The highest BCUT2D eigenvalue weighted by atomic mass is 16.5. The Balaban J connectivity index is 2.29. The summed E-state index contributed by atoms with van der Waals surface area (Å²) in [6.45, 7) is 3.22. The molecule has 0 aliphatic heterocycles. The molecule has 6 nitrogen and oxygen atoms in total. The number of aromatic amines is 1. The van der Waals surface area contributed by atoms with Crippen LogP contribution in [0.4, 0.5) is 0 Å². The number of allylic oxidation sites excluding steroid dienone is 1. The lowest BCUT2D eigenvalue weighted by Crippen LogP contribution is -2.01. The molecule has 23 heavy (non-hydrogen) atoms. The molecular formula is C17H16NO5-. The van der Waals surface area contributed by atoms with E-state index in [1.165, 1.54) is 31.4 Å². The van der Waals surface area contributed by atoms with Crippen molar-refractivity contribution in [1.82, 2.24) is 4.98 Å². The third-order valence-electron chi connectivity index (χ3n) is 3.51. The number of hydrogen-bond donors (Lipinski definition) is 2. The third-order valence-corrected chi connectivity index (χ3v) is 3.51. The maximum atomic E-state index is 12.3. The molecule has 0 radical (unpaired) electrons. The zero-order chi connectivity index (χ0) is 17.1. The highest BCUT2D eigenvalue weighted by Crippen LogP contribution is 2.24. The predicted octanol–water partition coefficient (Wildman–Crippen LogP) is 2.31. The molecule has 0 saturated carbocycles. The van der Waals surface area contributed by atoms with E-state index in [1.54, 1.807) is 19.9 Å². The quantitative estimate of drug-likeness (QED) is 0.651. The van der Waals surface area contributed by atoms with Gasteiger partial charge in [-0.3, -0.25) is 4.79 Å². The lowest BCUT2D eigenvalue weighted by molar-refractivity contribution is -0.270. The first-order valence-corrected chi connectivity index (χ1v) is 6.85. The van der Waals surface area contributed by atoms with Gasteiger partial charge in [-0.15, -0.1) is 0 Å². The van der Waals surface area contributed by atoms with Crippen LogP contribution in [0.5, 0.6) is 11.5 Å². The van der Waals surface area contributed by atoms with Crippen LogP contribution in [-0.4, -0.2) is 29.0 Å². The maximum absolute atomic E-state index is 12.3. The van der Waals surface area contributed by atoms with E-state index >= 15 is 0 Å². The molecule has 120 valence electrons. The zero-order valence-electron chi connectivity index (χ0n) is 13.0. The average molecular weight is 314 g/mol. The second kappa shape index (κ2) is 6.39. The van der Waals surface area contributed by atoms with E-state index in [-0.39, 0.29) is 23.0 Å². The van der Waals surface area contributed by atoms with E-state index in [2.05, 4.69) is 4.98 Å². The van der Waals surface area contributed by atoms with Gasteiger partial charge in [0.2, 0.25) is 0 Å². The van der Waals surface area contributed by atoms with Crippen molar-refractivity contribution in [2.75, 3.05) is 7.11 Å². The summed E-state index contributed by atoms with van der Waals surface area (Å²) in [6.07, 6.45) is 2.82. The van der Waals surface area contributed by atoms with Crippen LogP contribution >= 0.6 is 0 Å². The number of carboxylic acids is 1. The molecule has 0 amide bonds. The zero-order valence-corrected chi connectivity index (χ0v) is 13.0. The highest BCUT2D eigenvalue weighted by molar-refractivity contribution is 6.10. The van der Waals surface area contributed by atoms with Crippen molar-refractivity contribution in [2.24, 2.45) is 0 Å². The minimum atomic E-state index is -1.11. The minimum absolute atomic E-state index is 0.00513. The normalized spacial score (nSPS) is 10.9. The Morgan fingerprint density at radius 2 is 2.00 bits per heavy atom. The van der Waals surface area contributed by atoms with Gasteiger partial charge in [-0.2, -0.15) is 0 Å². The molecule has 0 bridgehead atoms. The molecule has 2 N–H and O–H groups in total. The van der Waals surface area contributed by atoms with Crippen molar-refractivity contribution in [3.63, 3.8) is 0 Å². The van der Waals surface area contributed by atoms with E-state index in [1.807, 2.05) is 0 Å². The summed E-state index contributed by atoms with van der Waals surface area (Å²) in [7, 11) is 1.41. The van der Waals surface area contributed by atoms with E-state index in [4.69, 9.17) is 9.84 Å². The van der Waals surface area contributed by atoms with Crippen LogP contribution in [0.25, 0.3) is 6.08 Å². The van der Waals surface area contributed by atoms with Crippen LogP contribution in [0, 0.1) is 13.8 Å². The van der Waals surface area contributed by atoms with Gasteiger partial charge in [-0.1, -0.05) is 24.0 Å². The molecule has 0 atom stereocenters. The predicted molar refractivity (Wildman–Crippen MR) is 83.0 cm³/mol. The number of aromatic carboxylic acids is 1. The second-order valence-electron chi connectivity index (χ2n) is 5.04. The van der Waals surface area contributed by atoms with Crippen LogP contribution < -0.4 is 9.84 Å². The van der Waals surface area contributed by atoms with E-state index < -0.39 is 5.97 Å². The maximum Gasteiger partial charge on any atom is 0.352 e. The number of carbonyl (C=O) groups excluding carboxylic acids is 1. The Morgan fingerprint density at radius 1 is 1.30 bits per heavy atom. The number of ketones is 1. The fraction of sp³-hybridized carbons (Fsp3) is 0.176. The van der Waals surface area contributed by atoms with Gasteiger partial charge in [0.15, 0.2) is 5.78 Å². The molecule has 2 rings (SSSR count). The second-order valence-corrected chi connectivity index (χ2v) is 5.04. The highest BCUT2D eigenvalue weighted by Gasteiger charge is 2.19. The lowest BCUT2D eigenvalue weighted by atomic mass is 10.0. The number of carbonyl (C=O) groups is 2. The van der Waals surface area contributed by atoms with E-state index in [0.29, 0.717) is 22.4 Å². The first-order chi connectivity index (χ1) is 10.8. The number of ether oxygens (including phenoxy) is 1. The Bertz CT molecular complexity index is 802. The molecule has 2 aromatic rings. The van der Waals surface area contributed by atoms with Gasteiger partial charge in [0, 0.05) is 11.3 Å². The van der Waals surface area contributed by atoms with Crippen molar-refractivity contribution in [3.05, 3.63) is 52.4 Å². The number of rotatable bonds is 5. The fourth-order valence-electron chi connectivity index (χ4n) is 2.39. The summed E-state index contributed by atoms with van der Waals surface area (Å²) in [5, 5.41) is 20.7. The van der Waals surface area contributed by atoms with Gasteiger partial charge in [-0.05, 0) is 37.1 Å². The van der Waals surface area contributed by atoms with Gasteiger partial charge in [0.1, 0.15) is 11.4 Å². The average Bonchev–Trinajstić information content (AvgIpc) is 2.80.